The van der Waals surface area contributed by atoms with Gasteiger partial charge < -0.3 is 5.32 Å². The minimum atomic E-state index is -0.101. The van der Waals surface area contributed by atoms with Crippen LogP contribution in [-0.4, -0.2) is 23.4 Å². The SMILES string of the molecule is Cc1cccc(C)c1NCN1C(=O)C2C3C=CC(C4CC34)C2C1=O. The maximum atomic E-state index is 12.9. The van der Waals surface area contributed by atoms with Crippen molar-refractivity contribution in [3.63, 3.8) is 0 Å². The number of aryl methyl sites for hydroxylation is 2. The molecule has 1 aromatic carbocycles. The van der Waals surface area contributed by atoms with Crippen molar-refractivity contribution >= 4 is 17.5 Å². The first-order chi connectivity index (χ1) is 11.6. The third kappa shape index (κ3) is 1.74. The number of hydrogen-bond donors (Lipinski definition) is 1. The van der Waals surface area contributed by atoms with Crippen LogP contribution in [0.5, 0.6) is 0 Å². The van der Waals surface area contributed by atoms with Crippen LogP contribution in [-0.2, 0) is 9.59 Å². The van der Waals surface area contributed by atoms with Crippen molar-refractivity contribution in [2.45, 2.75) is 20.3 Å². The summed E-state index contributed by atoms with van der Waals surface area (Å²) in [6.07, 6.45) is 5.64. The second kappa shape index (κ2) is 4.71. The molecule has 2 saturated carbocycles. The number of anilines is 1. The predicted molar refractivity (Wildman–Crippen MR) is 91.0 cm³/mol. The van der Waals surface area contributed by atoms with Gasteiger partial charge in [0.25, 0.3) is 0 Å². The van der Waals surface area contributed by atoms with E-state index in [0.717, 1.165) is 16.8 Å². The van der Waals surface area contributed by atoms with E-state index in [0.29, 0.717) is 23.7 Å². The average Bonchev–Trinajstić information content (AvgIpc) is 3.34. The molecule has 6 atom stereocenters. The van der Waals surface area contributed by atoms with Crippen molar-refractivity contribution in [3.8, 4) is 0 Å². The molecular formula is C20H22N2O2. The fourth-order valence-corrected chi connectivity index (χ4v) is 5.43. The second-order valence-electron chi connectivity index (χ2n) is 7.86. The number of hydrogen-bond acceptors (Lipinski definition) is 3. The molecule has 0 radical (unpaired) electrons. The summed E-state index contributed by atoms with van der Waals surface area (Å²) < 4.78 is 0. The van der Waals surface area contributed by atoms with Crippen LogP contribution in [0.4, 0.5) is 5.69 Å². The molecule has 1 aromatic rings. The van der Waals surface area contributed by atoms with Gasteiger partial charge in [0.2, 0.25) is 11.8 Å². The summed E-state index contributed by atoms with van der Waals surface area (Å²) >= 11 is 0. The molecule has 4 aliphatic carbocycles. The fraction of sp³-hybridized carbons (Fsp3) is 0.500. The summed E-state index contributed by atoms with van der Waals surface area (Å²) in [4.78, 5) is 27.3. The van der Waals surface area contributed by atoms with Gasteiger partial charge >= 0.3 is 0 Å². The van der Waals surface area contributed by atoms with Crippen LogP contribution in [0.3, 0.4) is 0 Å². The average molecular weight is 322 g/mol. The largest absolute Gasteiger partial charge is 0.367 e. The van der Waals surface area contributed by atoms with E-state index in [2.05, 4.69) is 17.5 Å². The van der Waals surface area contributed by atoms with Crippen molar-refractivity contribution in [1.29, 1.82) is 0 Å². The van der Waals surface area contributed by atoms with E-state index in [-0.39, 0.29) is 30.3 Å². The van der Waals surface area contributed by atoms with Crippen molar-refractivity contribution < 1.29 is 9.59 Å². The van der Waals surface area contributed by atoms with E-state index in [1.807, 2.05) is 32.0 Å². The van der Waals surface area contributed by atoms with Gasteiger partial charge in [0.15, 0.2) is 0 Å². The van der Waals surface area contributed by atoms with Crippen LogP contribution in [0.1, 0.15) is 17.5 Å². The van der Waals surface area contributed by atoms with Crippen LogP contribution >= 0.6 is 0 Å². The van der Waals surface area contributed by atoms with Gasteiger partial charge in [-0.25, -0.2) is 0 Å². The third-order valence-electron chi connectivity index (χ3n) is 6.65. The first-order valence-electron chi connectivity index (χ1n) is 8.91. The lowest BCUT2D eigenvalue weighted by Crippen LogP contribution is -2.40. The van der Waals surface area contributed by atoms with Crippen LogP contribution in [0, 0.1) is 49.4 Å². The normalized spacial score (nSPS) is 38.3. The van der Waals surface area contributed by atoms with Crippen molar-refractivity contribution in [2.24, 2.45) is 35.5 Å². The van der Waals surface area contributed by atoms with Gasteiger partial charge in [-0.05, 0) is 55.1 Å². The molecule has 4 heteroatoms. The number of imide groups is 1. The minimum absolute atomic E-state index is 0.0356. The Morgan fingerprint density at radius 3 is 2.08 bits per heavy atom. The van der Waals surface area contributed by atoms with Gasteiger partial charge in [0, 0.05) is 5.69 Å². The molecule has 6 unspecified atom stereocenters. The van der Waals surface area contributed by atoms with E-state index in [1.165, 1.54) is 11.3 Å². The van der Waals surface area contributed by atoms with Gasteiger partial charge in [-0.15, -0.1) is 0 Å². The molecule has 1 aliphatic heterocycles. The molecule has 1 N–H and O–H groups in total. The maximum absolute atomic E-state index is 12.9. The highest BCUT2D eigenvalue weighted by atomic mass is 16.2. The van der Waals surface area contributed by atoms with Gasteiger partial charge in [0.05, 0.1) is 18.5 Å². The van der Waals surface area contributed by atoms with E-state index in [1.54, 1.807) is 0 Å². The molecule has 1 saturated heterocycles. The number of benzene rings is 1. The fourth-order valence-electron chi connectivity index (χ4n) is 5.43. The molecule has 5 aliphatic rings. The van der Waals surface area contributed by atoms with Crippen LogP contribution in [0.15, 0.2) is 30.4 Å². The number of nitrogens with one attached hydrogen (secondary N) is 1. The number of rotatable bonds is 3. The molecule has 124 valence electrons. The molecule has 2 bridgehead atoms. The van der Waals surface area contributed by atoms with Crippen molar-refractivity contribution in [1.82, 2.24) is 4.90 Å². The number of amides is 2. The monoisotopic (exact) mass is 322 g/mol. The van der Waals surface area contributed by atoms with E-state index < -0.39 is 0 Å². The Bertz CT molecular complexity index is 728. The Balaban J connectivity index is 1.39. The van der Waals surface area contributed by atoms with E-state index in [9.17, 15) is 9.59 Å². The van der Waals surface area contributed by atoms with Crippen LogP contribution < -0.4 is 5.32 Å². The highest BCUT2D eigenvalue weighted by Gasteiger charge is 2.66. The first kappa shape index (κ1) is 14.3. The quantitative estimate of drug-likeness (QED) is 0.688. The van der Waals surface area contributed by atoms with Crippen LogP contribution in [0.25, 0.3) is 0 Å². The summed E-state index contributed by atoms with van der Waals surface area (Å²) in [7, 11) is 0. The Kier molecular flexibility index (Phi) is 2.80. The summed E-state index contributed by atoms with van der Waals surface area (Å²) in [6, 6.07) is 6.10. The van der Waals surface area contributed by atoms with Gasteiger partial charge in [-0.2, -0.15) is 0 Å². The zero-order valence-corrected chi connectivity index (χ0v) is 14.0. The number of nitrogens with zero attached hydrogens (tertiary/aromatic N) is 1. The number of carbonyl (C=O) groups excluding carboxylic acids is 2. The summed E-state index contributed by atoms with van der Waals surface area (Å²) in [5.74, 6) is 1.78. The summed E-state index contributed by atoms with van der Waals surface area (Å²) in [6.45, 7) is 4.37. The standard InChI is InChI=1S/C20H22N2O2/c1-10-4-3-5-11(2)18(10)21-9-22-19(23)16-12-6-7-13(15-8-14(12)15)17(16)20(22)24/h3-7,12-17,21H,8-9H2,1-2H3. The molecule has 4 nitrogen and oxygen atoms in total. The summed E-state index contributed by atoms with van der Waals surface area (Å²) in [5, 5.41) is 3.33. The van der Waals surface area contributed by atoms with Gasteiger partial charge in [-0.1, -0.05) is 30.4 Å². The molecule has 24 heavy (non-hydrogen) atoms. The van der Waals surface area contributed by atoms with E-state index >= 15 is 0 Å². The lowest BCUT2D eigenvalue weighted by atomic mass is 9.63. The highest BCUT2D eigenvalue weighted by molar-refractivity contribution is 6.06. The Hall–Kier alpha value is -2.10. The van der Waals surface area contributed by atoms with Crippen LogP contribution in [0.2, 0.25) is 0 Å². The Morgan fingerprint density at radius 2 is 1.54 bits per heavy atom. The molecular weight excluding hydrogens is 300 g/mol. The molecule has 6 rings (SSSR count). The van der Waals surface area contributed by atoms with E-state index in [4.69, 9.17) is 0 Å². The zero-order valence-electron chi connectivity index (χ0n) is 14.0. The maximum Gasteiger partial charge on any atom is 0.235 e. The van der Waals surface area contributed by atoms with Gasteiger partial charge in [-0.3, -0.25) is 14.5 Å². The number of allylic oxidation sites excluding steroid dienone is 2. The summed E-state index contributed by atoms with van der Waals surface area (Å²) in [5.41, 5.74) is 3.29. The minimum Gasteiger partial charge on any atom is -0.367 e. The molecule has 0 spiro atoms. The highest BCUT2D eigenvalue weighted by Crippen LogP contribution is 2.65. The molecule has 2 amide bonds. The Labute approximate surface area is 141 Å². The number of carbonyl (C=O) groups is 2. The lowest BCUT2D eigenvalue weighted by Gasteiger charge is -2.37. The number of likely N-dealkylation sites (tertiary alicyclic amines) is 1. The molecule has 3 fully saturated rings. The zero-order chi connectivity index (χ0) is 16.6. The van der Waals surface area contributed by atoms with Gasteiger partial charge in [0.1, 0.15) is 0 Å². The smallest absolute Gasteiger partial charge is 0.235 e. The lowest BCUT2D eigenvalue weighted by molar-refractivity contribution is -0.139. The van der Waals surface area contributed by atoms with Crippen molar-refractivity contribution in [2.75, 3.05) is 12.0 Å². The second-order valence-corrected chi connectivity index (χ2v) is 7.86. The molecule has 1 heterocycles. The molecule has 0 aromatic heterocycles. The third-order valence-corrected chi connectivity index (χ3v) is 6.65. The first-order valence-corrected chi connectivity index (χ1v) is 8.91. The Morgan fingerprint density at radius 1 is 1.00 bits per heavy atom. The topological polar surface area (TPSA) is 49.4 Å². The van der Waals surface area contributed by atoms with Crippen molar-refractivity contribution in [3.05, 3.63) is 41.5 Å². The predicted octanol–water partition coefficient (Wildman–Crippen LogP) is 2.73. The number of para-hydroxylation sites is 1.